The van der Waals surface area contributed by atoms with Crippen LogP contribution in [0.5, 0.6) is 0 Å². The van der Waals surface area contributed by atoms with Crippen molar-refractivity contribution < 1.29 is 38.0 Å². The molecule has 140 valence electrons. The van der Waals surface area contributed by atoms with Crippen LogP contribution in [0, 0.1) is 0 Å². The van der Waals surface area contributed by atoms with Gasteiger partial charge in [-0.25, -0.2) is 0 Å². The average molecular weight is 348 g/mol. The predicted octanol–water partition coefficient (Wildman–Crippen LogP) is 0.861. The Bertz CT molecular complexity index is 420. The fourth-order valence-electron chi connectivity index (χ4n) is 3.09. The molecule has 2 rings (SSSR count). The lowest BCUT2D eigenvalue weighted by Crippen LogP contribution is -2.50. The Morgan fingerprint density at radius 3 is 2.17 bits per heavy atom. The highest BCUT2D eigenvalue weighted by Crippen LogP contribution is 2.37. The van der Waals surface area contributed by atoms with Gasteiger partial charge in [-0.1, -0.05) is 0 Å². The molecule has 0 radical (unpaired) electrons. The van der Waals surface area contributed by atoms with E-state index in [9.17, 15) is 4.79 Å². The van der Waals surface area contributed by atoms with E-state index in [4.69, 9.17) is 33.2 Å². The summed E-state index contributed by atoms with van der Waals surface area (Å²) in [5, 5.41) is 0. The molecule has 0 aromatic rings. The summed E-state index contributed by atoms with van der Waals surface area (Å²) >= 11 is 0. The number of hydrogen-bond acceptors (Lipinski definition) is 8. The fourth-order valence-corrected chi connectivity index (χ4v) is 3.09. The molecule has 2 aliphatic rings. The molecule has 8 nitrogen and oxygen atoms in total. The first-order chi connectivity index (χ1) is 11.2. The Morgan fingerprint density at radius 2 is 1.67 bits per heavy atom. The highest BCUT2D eigenvalue weighted by Gasteiger charge is 2.53. The van der Waals surface area contributed by atoms with Crippen LogP contribution in [0.15, 0.2) is 0 Å². The van der Waals surface area contributed by atoms with Crippen LogP contribution in [0.4, 0.5) is 0 Å². The van der Waals surface area contributed by atoms with Crippen molar-refractivity contribution in [3.8, 4) is 0 Å². The molecule has 8 heteroatoms. The van der Waals surface area contributed by atoms with Crippen LogP contribution in [-0.4, -0.2) is 76.0 Å². The monoisotopic (exact) mass is 348 g/mol. The van der Waals surface area contributed by atoms with E-state index in [-0.39, 0.29) is 6.61 Å². The Morgan fingerprint density at radius 1 is 1.04 bits per heavy atom. The SMILES string of the molecule is COC(OC)[C@@H]1OC(C)(C)O[C@H]1[C@H](OCC=O)[C@H]1COC(C)(C)O1. The summed E-state index contributed by atoms with van der Waals surface area (Å²) in [6, 6.07) is 0. The van der Waals surface area contributed by atoms with E-state index >= 15 is 0 Å². The van der Waals surface area contributed by atoms with Crippen molar-refractivity contribution >= 4 is 6.29 Å². The third-order valence-electron chi connectivity index (χ3n) is 3.97. The van der Waals surface area contributed by atoms with Gasteiger partial charge in [0.2, 0.25) is 0 Å². The van der Waals surface area contributed by atoms with Crippen molar-refractivity contribution in [3.63, 3.8) is 0 Å². The quantitative estimate of drug-likeness (QED) is 0.472. The second kappa shape index (κ2) is 7.74. The zero-order valence-electron chi connectivity index (χ0n) is 15.1. The van der Waals surface area contributed by atoms with Gasteiger partial charge < -0.3 is 38.0 Å². The Balaban J connectivity index is 2.23. The highest BCUT2D eigenvalue weighted by atomic mass is 16.8. The first-order valence-corrected chi connectivity index (χ1v) is 8.01. The Labute approximate surface area is 142 Å². The van der Waals surface area contributed by atoms with Gasteiger partial charge in [0.25, 0.3) is 0 Å². The summed E-state index contributed by atoms with van der Waals surface area (Å²) < 4.78 is 39.9. The predicted molar refractivity (Wildman–Crippen MR) is 82.3 cm³/mol. The van der Waals surface area contributed by atoms with Crippen molar-refractivity contribution in [3.05, 3.63) is 0 Å². The number of rotatable bonds is 8. The summed E-state index contributed by atoms with van der Waals surface area (Å²) in [6.45, 7) is 7.50. The third-order valence-corrected chi connectivity index (χ3v) is 3.97. The molecule has 2 saturated heterocycles. The van der Waals surface area contributed by atoms with Gasteiger partial charge in [0.05, 0.1) is 6.61 Å². The zero-order valence-corrected chi connectivity index (χ0v) is 15.1. The van der Waals surface area contributed by atoms with Gasteiger partial charge in [0.1, 0.15) is 37.3 Å². The first kappa shape index (κ1) is 19.7. The van der Waals surface area contributed by atoms with E-state index in [1.54, 1.807) is 13.8 Å². The lowest BCUT2D eigenvalue weighted by molar-refractivity contribution is -0.203. The van der Waals surface area contributed by atoms with E-state index in [0.29, 0.717) is 12.9 Å². The molecule has 0 aromatic carbocycles. The maximum absolute atomic E-state index is 10.8. The number of carbonyl (C=O) groups excluding carboxylic acids is 1. The van der Waals surface area contributed by atoms with Crippen LogP contribution in [0.3, 0.4) is 0 Å². The standard InChI is InChI=1S/C16H28O8/c1-15(2)21-9-10(22-15)11(20-8-7-17)12-13(14(18-5)19-6)24-16(3,4)23-12/h7,10-14H,8-9H2,1-6H3/t10-,11-,12+,13-/m1/s1. The maximum atomic E-state index is 10.8. The van der Waals surface area contributed by atoms with Gasteiger partial charge >= 0.3 is 0 Å². The van der Waals surface area contributed by atoms with E-state index < -0.39 is 42.3 Å². The van der Waals surface area contributed by atoms with Gasteiger partial charge in [0.15, 0.2) is 17.9 Å². The van der Waals surface area contributed by atoms with Crippen molar-refractivity contribution in [2.45, 2.75) is 70.0 Å². The second-order valence-electron chi connectivity index (χ2n) is 6.74. The van der Waals surface area contributed by atoms with Crippen molar-refractivity contribution in [1.29, 1.82) is 0 Å². The molecule has 0 saturated carbocycles. The van der Waals surface area contributed by atoms with Crippen molar-refractivity contribution in [1.82, 2.24) is 0 Å². The molecule has 24 heavy (non-hydrogen) atoms. The molecule has 0 unspecified atom stereocenters. The van der Waals surface area contributed by atoms with Crippen LogP contribution < -0.4 is 0 Å². The van der Waals surface area contributed by atoms with Crippen molar-refractivity contribution in [2.24, 2.45) is 0 Å². The maximum Gasteiger partial charge on any atom is 0.185 e. The third kappa shape index (κ3) is 4.51. The summed E-state index contributed by atoms with van der Waals surface area (Å²) in [5.41, 5.74) is 0. The van der Waals surface area contributed by atoms with Gasteiger partial charge in [-0.2, -0.15) is 0 Å². The van der Waals surface area contributed by atoms with Crippen LogP contribution in [0.1, 0.15) is 27.7 Å². The molecule has 4 atom stereocenters. The largest absolute Gasteiger partial charge is 0.365 e. The number of methoxy groups -OCH3 is 2. The number of hydrogen-bond donors (Lipinski definition) is 0. The minimum absolute atomic E-state index is 0.0808. The van der Waals surface area contributed by atoms with Crippen LogP contribution in [0.2, 0.25) is 0 Å². The van der Waals surface area contributed by atoms with E-state index in [1.165, 1.54) is 14.2 Å². The number of aldehydes is 1. The smallest absolute Gasteiger partial charge is 0.185 e. The molecule has 0 spiro atoms. The average Bonchev–Trinajstić information content (AvgIpc) is 3.01. The molecule has 0 N–H and O–H groups in total. The van der Waals surface area contributed by atoms with E-state index in [1.807, 2.05) is 13.8 Å². The molecule has 0 bridgehead atoms. The first-order valence-electron chi connectivity index (χ1n) is 8.01. The summed E-state index contributed by atoms with van der Waals surface area (Å²) in [6.07, 6.45) is -2.02. The zero-order chi connectivity index (χ0) is 18.0. The molecule has 2 heterocycles. The van der Waals surface area contributed by atoms with Crippen LogP contribution in [0.25, 0.3) is 0 Å². The fraction of sp³-hybridized carbons (Fsp3) is 0.938. The summed E-state index contributed by atoms with van der Waals surface area (Å²) in [5.74, 6) is -1.57. The number of carbonyl (C=O) groups is 1. The molecule has 0 amide bonds. The van der Waals surface area contributed by atoms with Gasteiger partial charge in [-0.05, 0) is 27.7 Å². The Kier molecular flexibility index (Phi) is 6.35. The van der Waals surface area contributed by atoms with Gasteiger partial charge in [-0.15, -0.1) is 0 Å². The van der Waals surface area contributed by atoms with Crippen LogP contribution in [-0.2, 0) is 38.0 Å². The minimum Gasteiger partial charge on any atom is -0.365 e. The number of ether oxygens (including phenoxy) is 7. The molecular weight excluding hydrogens is 320 g/mol. The molecule has 0 aliphatic carbocycles. The lowest BCUT2D eigenvalue weighted by atomic mass is 10.0. The normalized spacial score (nSPS) is 33.0. The van der Waals surface area contributed by atoms with E-state index in [2.05, 4.69) is 0 Å². The molecular formula is C16H28O8. The topological polar surface area (TPSA) is 81.7 Å². The molecule has 0 aromatic heterocycles. The molecule has 2 aliphatic heterocycles. The molecule has 2 fully saturated rings. The van der Waals surface area contributed by atoms with Gasteiger partial charge in [0, 0.05) is 14.2 Å². The highest BCUT2D eigenvalue weighted by molar-refractivity contribution is 5.50. The summed E-state index contributed by atoms with van der Waals surface area (Å²) in [7, 11) is 3.05. The Hall–Kier alpha value is -0.610. The lowest BCUT2D eigenvalue weighted by Gasteiger charge is -2.32. The summed E-state index contributed by atoms with van der Waals surface area (Å²) in [4.78, 5) is 10.8. The van der Waals surface area contributed by atoms with Crippen molar-refractivity contribution in [2.75, 3.05) is 27.4 Å². The van der Waals surface area contributed by atoms with Crippen LogP contribution >= 0.6 is 0 Å². The van der Waals surface area contributed by atoms with E-state index in [0.717, 1.165) is 0 Å². The second-order valence-corrected chi connectivity index (χ2v) is 6.74. The minimum atomic E-state index is -0.845. The van der Waals surface area contributed by atoms with Gasteiger partial charge in [-0.3, -0.25) is 0 Å².